The van der Waals surface area contributed by atoms with Gasteiger partial charge in [0.15, 0.2) is 0 Å². The molecule has 0 spiro atoms. The fourth-order valence-electron chi connectivity index (χ4n) is 3.51. The first-order valence-corrected chi connectivity index (χ1v) is 10.3. The van der Waals surface area contributed by atoms with Crippen LogP contribution >= 0.6 is 11.6 Å². The minimum Gasteiger partial charge on any atom is -0.496 e. The van der Waals surface area contributed by atoms with E-state index in [-0.39, 0.29) is 17.6 Å². The third-order valence-corrected chi connectivity index (χ3v) is 5.41. The fraction of sp³-hybridized carbons (Fsp3) is 0.227. The van der Waals surface area contributed by atoms with E-state index in [4.69, 9.17) is 26.8 Å². The third kappa shape index (κ3) is 4.68. The molecule has 4 rings (SSSR count). The number of nitrogens with one attached hydrogen (secondary N) is 3. The summed E-state index contributed by atoms with van der Waals surface area (Å²) in [5.41, 5.74) is 6.73. The van der Waals surface area contributed by atoms with E-state index in [1.807, 2.05) is 0 Å². The maximum absolute atomic E-state index is 12.2. The second-order valence-electron chi connectivity index (χ2n) is 7.27. The van der Waals surface area contributed by atoms with Crippen LogP contribution in [0.2, 0.25) is 5.02 Å². The molecule has 1 saturated heterocycles. The number of carbonyl (C=O) groups is 2. The van der Waals surface area contributed by atoms with Gasteiger partial charge in [-0.2, -0.15) is 0 Å². The molecule has 1 aliphatic heterocycles. The SMILES string of the molecule is COc1cc2nccc(Oc3ccc(NC(=O)NC4CCNC4)c(Cl)c3)c2cc1C(N)=O. The number of rotatable bonds is 6. The minimum absolute atomic E-state index is 0.0975. The number of benzene rings is 2. The summed E-state index contributed by atoms with van der Waals surface area (Å²) >= 11 is 6.36. The summed E-state index contributed by atoms with van der Waals surface area (Å²) < 4.78 is 11.2. The zero-order chi connectivity index (χ0) is 22.7. The zero-order valence-corrected chi connectivity index (χ0v) is 18.0. The van der Waals surface area contributed by atoms with Crippen LogP contribution in [0.5, 0.6) is 17.2 Å². The Bertz CT molecular complexity index is 1180. The van der Waals surface area contributed by atoms with E-state index in [1.54, 1.807) is 42.6 Å². The maximum atomic E-state index is 12.2. The number of carbonyl (C=O) groups excluding carboxylic acids is 2. The summed E-state index contributed by atoms with van der Waals surface area (Å²) in [6, 6.07) is 9.60. The lowest BCUT2D eigenvalue weighted by molar-refractivity contribution is 0.0997. The molecular weight excluding hydrogens is 434 g/mol. The number of halogens is 1. The van der Waals surface area contributed by atoms with Crippen LogP contribution in [0, 0.1) is 0 Å². The number of fused-ring (bicyclic) bond motifs is 1. The summed E-state index contributed by atoms with van der Waals surface area (Å²) in [6.45, 7) is 1.63. The van der Waals surface area contributed by atoms with Crippen molar-refractivity contribution in [2.45, 2.75) is 12.5 Å². The number of methoxy groups -OCH3 is 1. The van der Waals surface area contributed by atoms with Crippen LogP contribution in [-0.2, 0) is 0 Å². The Labute approximate surface area is 189 Å². The Hall–Kier alpha value is -3.56. The van der Waals surface area contributed by atoms with Crippen LogP contribution in [0.4, 0.5) is 10.5 Å². The van der Waals surface area contributed by atoms with E-state index in [9.17, 15) is 9.59 Å². The highest BCUT2D eigenvalue weighted by Gasteiger charge is 2.18. The summed E-state index contributed by atoms with van der Waals surface area (Å²) in [5, 5.41) is 9.74. The number of nitrogens with zero attached hydrogens (tertiary/aromatic N) is 1. The van der Waals surface area contributed by atoms with Crippen LogP contribution in [0.3, 0.4) is 0 Å². The van der Waals surface area contributed by atoms with E-state index in [0.29, 0.717) is 38.9 Å². The topological polar surface area (TPSA) is 128 Å². The van der Waals surface area contributed by atoms with Crippen molar-refractivity contribution in [3.8, 4) is 17.2 Å². The van der Waals surface area contributed by atoms with Crippen molar-refractivity contribution in [3.05, 3.63) is 53.2 Å². The van der Waals surface area contributed by atoms with Gasteiger partial charge in [-0.05, 0) is 37.2 Å². The lowest BCUT2D eigenvalue weighted by Gasteiger charge is -2.15. The predicted molar refractivity (Wildman–Crippen MR) is 122 cm³/mol. The Kier molecular flexibility index (Phi) is 6.29. The molecule has 0 bridgehead atoms. The van der Waals surface area contributed by atoms with Crippen molar-refractivity contribution in [3.63, 3.8) is 0 Å². The first kappa shape index (κ1) is 21.7. The van der Waals surface area contributed by atoms with Crippen molar-refractivity contribution >= 4 is 40.1 Å². The van der Waals surface area contributed by atoms with Gasteiger partial charge in [0.05, 0.1) is 28.9 Å². The molecule has 1 fully saturated rings. The Balaban J connectivity index is 1.55. The summed E-state index contributed by atoms with van der Waals surface area (Å²) in [7, 11) is 1.45. The Morgan fingerprint density at radius 1 is 1.22 bits per heavy atom. The molecule has 5 N–H and O–H groups in total. The molecule has 9 nitrogen and oxygen atoms in total. The highest BCUT2D eigenvalue weighted by molar-refractivity contribution is 6.33. The average molecular weight is 456 g/mol. The molecule has 2 heterocycles. The number of amides is 3. The first-order chi connectivity index (χ1) is 15.4. The smallest absolute Gasteiger partial charge is 0.319 e. The van der Waals surface area contributed by atoms with Crippen LogP contribution in [0.25, 0.3) is 10.9 Å². The number of primary amides is 1. The van der Waals surface area contributed by atoms with Crippen LogP contribution in [0.15, 0.2) is 42.6 Å². The van der Waals surface area contributed by atoms with Crippen molar-refractivity contribution in [1.82, 2.24) is 15.6 Å². The van der Waals surface area contributed by atoms with Crippen molar-refractivity contribution in [2.24, 2.45) is 5.73 Å². The predicted octanol–water partition coefficient (Wildman–Crippen LogP) is 3.27. The van der Waals surface area contributed by atoms with Gasteiger partial charge in [0.1, 0.15) is 17.2 Å². The monoisotopic (exact) mass is 455 g/mol. The summed E-state index contributed by atoms with van der Waals surface area (Å²) in [6.07, 6.45) is 2.47. The average Bonchev–Trinajstić information content (AvgIpc) is 3.27. The van der Waals surface area contributed by atoms with Gasteiger partial charge in [-0.1, -0.05) is 11.6 Å². The molecule has 1 atom stereocenters. The van der Waals surface area contributed by atoms with Crippen LogP contribution in [0.1, 0.15) is 16.8 Å². The van der Waals surface area contributed by atoms with Gasteiger partial charge in [-0.15, -0.1) is 0 Å². The number of pyridine rings is 1. The van der Waals surface area contributed by atoms with E-state index in [0.717, 1.165) is 19.5 Å². The van der Waals surface area contributed by atoms with Gasteiger partial charge in [-0.3, -0.25) is 9.78 Å². The highest BCUT2D eigenvalue weighted by atomic mass is 35.5. The lowest BCUT2D eigenvalue weighted by Crippen LogP contribution is -2.39. The second-order valence-corrected chi connectivity index (χ2v) is 7.68. The normalized spacial score (nSPS) is 15.4. The minimum atomic E-state index is -0.622. The molecule has 166 valence electrons. The van der Waals surface area contributed by atoms with Crippen molar-refractivity contribution in [2.75, 3.05) is 25.5 Å². The molecule has 10 heteroatoms. The quantitative estimate of drug-likeness (QED) is 0.451. The number of nitrogens with two attached hydrogens (primary N) is 1. The van der Waals surface area contributed by atoms with E-state index in [2.05, 4.69) is 20.9 Å². The molecule has 2 aromatic carbocycles. The maximum Gasteiger partial charge on any atom is 0.319 e. The van der Waals surface area contributed by atoms with E-state index < -0.39 is 5.91 Å². The molecule has 1 unspecified atom stereocenters. The van der Waals surface area contributed by atoms with Gasteiger partial charge in [0, 0.05) is 36.3 Å². The molecule has 1 aromatic heterocycles. The number of aromatic nitrogens is 1. The van der Waals surface area contributed by atoms with Gasteiger partial charge >= 0.3 is 6.03 Å². The fourth-order valence-corrected chi connectivity index (χ4v) is 3.73. The molecule has 0 saturated carbocycles. The zero-order valence-electron chi connectivity index (χ0n) is 17.3. The van der Waals surface area contributed by atoms with E-state index in [1.165, 1.54) is 7.11 Å². The highest BCUT2D eigenvalue weighted by Crippen LogP contribution is 2.35. The Morgan fingerprint density at radius 3 is 2.75 bits per heavy atom. The standard InChI is InChI=1S/C22H22ClN5O4/c1-31-20-10-18-14(9-15(20)21(24)29)19(5-7-26-18)32-13-2-3-17(16(23)8-13)28-22(30)27-12-4-6-25-11-12/h2-3,5,7-10,12,25H,4,6,11H2,1H3,(H2,24,29)(H2,27,28,30). The van der Waals surface area contributed by atoms with Crippen molar-refractivity contribution in [1.29, 1.82) is 0 Å². The molecule has 1 aliphatic rings. The molecule has 0 radical (unpaired) electrons. The molecule has 3 aromatic rings. The van der Waals surface area contributed by atoms with Gasteiger partial charge in [0.25, 0.3) is 5.91 Å². The molecular formula is C22H22ClN5O4. The second kappa shape index (κ2) is 9.29. The van der Waals surface area contributed by atoms with Crippen LogP contribution < -0.4 is 31.2 Å². The van der Waals surface area contributed by atoms with Crippen LogP contribution in [-0.4, -0.2) is 43.2 Å². The molecule has 32 heavy (non-hydrogen) atoms. The molecule has 0 aliphatic carbocycles. The lowest BCUT2D eigenvalue weighted by atomic mass is 10.1. The molecule has 3 amide bonds. The third-order valence-electron chi connectivity index (χ3n) is 5.10. The largest absolute Gasteiger partial charge is 0.496 e. The number of urea groups is 1. The van der Waals surface area contributed by atoms with Gasteiger partial charge in [0.2, 0.25) is 0 Å². The number of anilines is 1. The van der Waals surface area contributed by atoms with Crippen molar-refractivity contribution < 1.29 is 19.1 Å². The first-order valence-electron chi connectivity index (χ1n) is 9.97. The summed E-state index contributed by atoms with van der Waals surface area (Å²) in [4.78, 5) is 28.3. The van der Waals surface area contributed by atoms with Gasteiger partial charge in [-0.25, -0.2) is 4.79 Å². The number of hydrogen-bond acceptors (Lipinski definition) is 6. The number of ether oxygens (including phenoxy) is 2. The number of hydrogen-bond donors (Lipinski definition) is 4. The van der Waals surface area contributed by atoms with Gasteiger partial charge < -0.3 is 31.2 Å². The Morgan fingerprint density at radius 2 is 2.06 bits per heavy atom. The summed E-state index contributed by atoms with van der Waals surface area (Å²) in [5.74, 6) is 0.622. The van der Waals surface area contributed by atoms with E-state index >= 15 is 0 Å².